The molecule has 1 saturated heterocycles. The van der Waals surface area contributed by atoms with E-state index in [1.165, 1.54) is 5.56 Å². The van der Waals surface area contributed by atoms with Gasteiger partial charge in [-0.05, 0) is 36.6 Å². The molecule has 0 aliphatic carbocycles. The molecule has 1 aromatic rings. The third-order valence-corrected chi connectivity index (χ3v) is 2.69. The Morgan fingerprint density at radius 2 is 2.07 bits per heavy atom. The average molecular weight is 191 g/mol. The average Bonchev–Trinajstić information content (AvgIpc) is 2.71. The van der Waals surface area contributed by atoms with Crippen molar-refractivity contribution in [2.75, 3.05) is 13.1 Å². The van der Waals surface area contributed by atoms with Crippen LogP contribution < -0.4 is 5.32 Å². The Balaban J connectivity index is 2.16. The summed E-state index contributed by atoms with van der Waals surface area (Å²) in [6.45, 7) is 2.07. The van der Waals surface area contributed by atoms with Crippen molar-refractivity contribution in [3.63, 3.8) is 0 Å². The first kappa shape index (κ1) is 9.21. The summed E-state index contributed by atoms with van der Waals surface area (Å²) in [5.41, 5.74) is 1.60. The van der Waals surface area contributed by atoms with Crippen molar-refractivity contribution < 1.29 is 9.90 Å². The molecule has 0 unspecified atom stereocenters. The number of rotatable bonds is 2. The molecule has 0 bridgehead atoms. The number of aromatic carboxylic acids is 1. The van der Waals surface area contributed by atoms with Gasteiger partial charge < -0.3 is 10.4 Å². The maximum atomic E-state index is 10.6. The van der Waals surface area contributed by atoms with E-state index >= 15 is 0 Å². The van der Waals surface area contributed by atoms with Crippen LogP contribution in [0, 0.1) is 0 Å². The highest BCUT2D eigenvalue weighted by Crippen LogP contribution is 2.22. The Morgan fingerprint density at radius 1 is 1.36 bits per heavy atom. The number of nitrogens with one attached hydrogen (secondary N) is 1. The van der Waals surface area contributed by atoms with Crippen molar-refractivity contribution in [3.05, 3.63) is 35.4 Å². The second kappa shape index (κ2) is 3.80. The van der Waals surface area contributed by atoms with Crippen LogP contribution in [0.5, 0.6) is 0 Å². The molecule has 1 fully saturated rings. The van der Waals surface area contributed by atoms with E-state index in [0.717, 1.165) is 19.5 Å². The number of hydrogen-bond donors (Lipinski definition) is 2. The van der Waals surface area contributed by atoms with Crippen molar-refractivity contribution in [1.82, 2.24) is 5.32 Å². The molecular weight excluding hydrogens is 178 g/mol. The molecule has 2 rings (SSSR count). The van der Waals surface area contributed by atoms with E-state index in [9.17, 15) is 4.79 Å². The molecule has 1 aromatic carbocycles. The van der Waals surface area contributed by atoms with E-state index in [1.807, 2.05) is 12.1 Å². The minimum absolute atomic E-state index is 0.361. The first-order valence-corrected chi connectivity index (χ1v) is 4.81. The minimum atomic E-state index is -0.860. The summed E-state index contributed by atoms with van der Waals surface area (Å²) in [5.74, 6) is -0.307. The summed E-state index contributed by atoms with van der Waals surface area (Å²) < 4.78 is 0. The van der Waals surface area contributed by atoms with Gasteiger partial charge in [0.15, 0.2) is 0 Å². The number of carboxylic acids is 1. The first-order chi connectivity index (χ1) is 6.77. The molecule has 0 radical (unpaired) electrons. The third-order valence-electron chi connectivity index (χ3n) is 2.69. The van der Waals surface area contributed by atoms with E-state index in [4.69, 9.17) is 5.11 Å². The smallest absolute Gasteiger partial charge is 0.335 e. The van der Waals surface area contributed by atoms with Gasteiger partial charge >= 0.3 is 5.97 Å². The second-order valence-corrected chi connectivity index (χ2v) is 3.62. The van der Waals surface area contributed by atoms with E-state index in [1.54, 1.807) is 12.1 Å². The molecule has 14 heavy (non-hydrogen) atoms. The van der Waals surface area contributed by atoms with Gasteiger partial charge in [0.1, 0.15) is 0 Å². The largest absolute Gasteiger partial charge is 0.478 e. The Kier molecular flexibility index (Phi) is 2.50. The van der Waals surface area contributed by atoms with Gasteiger partial charge in [0.05, 0.1) is 5.56 Å². The fraction of sp³-hybridized carbons (Fsp3) is 0.364. The Hall–Kier alpha value is -1.35. The summed E-state index contributed by atoms with van der Waals surface area (Å²) in [6, 6.07) is 7.19. The van der Waals surface area contributed by atoms with Crippen LogP contribution in [0.15, 0.2) is 24.3 Å². The van der Waals surface area contributed by atoms with Crippen LogP contribution in [0.2, 0.25) is 0 Å². The lowest BCUT2D eigenvalue weighted by molar-refractivity contribution is 0.0697. The van der Waals surface area contributed by atoms with Crippen molar-refractivity contribution >= 4 is 5.97 Å². The number of carbonyl (C=O) groups is 1. The van der Waals surface area contributed by atoms with Gasteiger partial charge in [0, 0.05) is 6.54 Å². The molecule has 0 aromatic heterocycles. The lowest BCUT2D eigenvalue weighted by atomic mass is 9.97. The highest BCUT2D eigenvalue weighted by molar-refractivity contribution is 5.87. The molecule has 74 valence electrons. The number of hydrogen-bond acceptors (Lipinski definition) is 2. The molecule has 3 nitrogen and oxygen atoms in total. The highest BCUT2D eigenvalue weighted by Gasteiger charge is 2.16. The summed E-state index contributed by atoms with van der Waals surface area (Å²) in [5, 5.41) is 12.0. The molecule has 3 heteroatoms. The summed E-state index contributed by atoms with van der Waals surface area (Å²) in [7, 11) is 0. The molecule has 1 atom stereocenters. The fourth-order valence-electron chi connectivity index (χ4n) is 1.84. The van der Waals surface area contributed by atoms with E-state index in [-0.39, 0.29) is 0 Å². The van der Waals surface area contributed by atoms with Crippen molar-refractivity contribution in [1.29, 1.82) is 0 Å². The zero-order valence-corrected chi connectivity index (χ0v) is 7.86. The summed E-state index contributed by atoms with van der Waals surface area (Å²) in [6.07, 6.45) is 1.15. The molecular formula is C11H13NO2. The molecule has 2 N–H and O–H groups in total. The second-order valence-electron chi connectivity index (χ2n) is 3.62. The van der Waals surface area contributed by atoms with Gasteiger partial charge in [-0.15, -0.1) is 0 Å². The van der Waals surface area contributed by atoms with Crippen LogP contribution >= 0.6 is 0 Å². The van der Waals surface area contributed by atoms with Crippen LogP contribution in [-0.4, -0.2) is 24.2 Å². The standard InChI is InChI=1S/C11H13NO2/c13-11(14)9-3-1-8(2-4-9)10-5-6-12-7-10/h1-4,10,12H,5-7H2,(H,13,14)/t10-/m1/s1. The highest BCUT2D eigenvalue weighted by atomic mass is 16.4. The molecule has 1 aliphatic rings. The monoisotopic (exact) mass is 191 g/mol. The van der Waals surface area contributed by atoms with E-state index in [2.05, 4.69) is 5.32 Å². The molecule has 1 aliphatic heterocycles. The van der Waals surface area contributed by atoms with Crippen molar-refractivity contribution in [3.8, 4) is 0 Å². The maximum absolute atomic E-state index is 10.6. The Labute approximate surface area is 82.8 Å². The van der Waals surface area contributed by atoms with Crippen LogP contribution in [0.1, 0.15) is 28.3 Å². The third kappa shape index (κ3) is 1.77. The zero-order chi connectivity index (χ0) is 9.97. The first-order valence-electron chi connectivity index (χ1n) is 4.81. The fourth-order valence-corrected chi connectivity index (χ4v) is 1.84. The molecule has 1 heterocycles. The van der Waals surface area contributed by atoms with Crippen molar-refractivity contribution in [2.24, 2.45) is 0 Å². The maximum Gasteiger partial charge on any atom is 0.335 e. The van der Waals surface area contributed by atoms with Gasteiger partial charge in [0.2, 0.25) is 0 Å². The van der Waals surface area contributed by atoms with E-state index < -0.39 is 5.97 Å². The minimum Gasteiger partial charge on any atom is -0.478 e. The van der Waals surface area contributed by atoms with Crippen LogP contribution in [0.4, 0.5) is 0 Å². The Bertz CT molecular complexity index is 326. The molecule has 0 amide bonds. The van der Waals surface area contributed by atoms with Crippen molar-refractivity contribution in [2.45, 2.75) is 12.3 Å². The molecule has 0 saturated carbocycles. The van der Waals surface area contributed by atoms with Crippen LogP contribution in [-0.2, 0) is 0 Å². The van der Waals surface area contributed by atoms with Gasteiger partial charge in [-0.1, -0.05) is 12.1 Å². The topological polar surface area (TPSA) is 49.3 Å². The summed E-state index contributed by atoms with van der Waals surface area (Å²) >= 11 is 0. The van der Waals surface area contributed by atoms with Gasteiger partial charge in [-0.3, -0.25) is 0 Å². The van der Waals surface area contributed by atoms with Crippen LogP contribution in [0.25, 0.3) is 0 Å². The van der Waals surface area contributed by atoms with E-state index in [0.29, 0.717) is 11.5 Å². The van der Waals surface area contributed by atoms with Gasteiger partial charge in [-0.25, -0.2) is 4.79 Å². The normalized spacial score (nSPS) is 21.0. The summed E-state index contributed by atoms with van der Waals surface area (Å²) in [4.78, 5) is 10.6. The SMILES string of the molecule is O=C(O)c1ccc([C@@H]2CCNC2)cc1. The number of benzene rings is 1. The van der Waals surface area contributed by atoms with Gasteiger partial charge in [-0.2, -0.15) is 0 Å². The predicted octanol–water partition coefficient (Wildman–Crippen LogP) is 1.46. The lowest BCUT2D eigenvalue weighted by Crippen LogP contribution is -2.08. The quantitative estimate of drug-likeness (QED) is 0.744. The lowest BCUT2D eigenvalue weighted by Gasteiger charge is -2.08. The molecule has 0 spiro atoms. The number of carboxylic acid groups (broad SMARTS) is 1. The predicted molar refractivity (Wildman–Crippen MR) is 53.6 cm³/mol. The van der Waals surface area contributed by atoms with Crippen LogP contribution in [0.3, 0.4) is 0 Å². The Morgan fingerprint density at radius 3 is 2.57 bits per heavy atom. The van der Waals surface area contributed by atoms with Gasteiger partial charge in [0.25, 0.3) is 0 Å². The zero-order valence-electron chi connectivity index (χ0n) is 7.86.